The van der Waals surface area contributed by atoms with Crippen molar-refractivity contribution in [3.05, 3.63) is 18.0 Å². The Morgan fingerprint density at radius 3 is 2.61 bits per heavy atom. The van der Waals surface area contributed by atoms with Crippen molar-refractivity contribution < 1.29 is 0 Å². The van der Waals surface area contributed by atoms with E-state index in [9.17, 15) is 0 Å². The van der Waals surface area contributed by atoms with Crippen LogP contribution >= 0.6 is 0 Å². The summed E-state index contributed by atoms with van der Waals surface area (Å²) in [5.41, 5.74) is 2.06. The van der Waals surface area contributed by atoms with Gasteiger partial charge in [-0.25, -0.2) is 0 Å². The summed E-state index contributed by atoms with van der Waals surface area (Å²) >= 11 is 0. The lowest BCUT2D eigenvalue weighted by Gasteiger charge is -2.37. The molecule has 0 saturated heterocycles. The molecule has 18 heavy (non-hydrogen) atoms. The molecular weight excluding hydrogens is 222 g/mol. The largest absolute Gasteiger partial charge is 0.310 e. The average Bonchev–Trinajstić information content (AvgIpc) is 2.99. The van der Waals surface area contributed by atoms with E-state index in [-0.39, 0.29) is 0 Å². The van der Waals surface area contributed by atoms with E-state index in [1.165, 1.54) is 56.9 Å². The van der Waals surface area contributed by atoms with Gasteiger partial charge in [0.05, 0.1) is 6.20 Å². The second kappa shape index (κ2) is 5.04. The van der Waals surface area contributed by atoms with E-state index >= 15 is 0 Å². The Bertz CT molecular complexity index is 380. The highest BCUT2D eigenvalue weighted by Gasteiger charge is 2.37. The van der Waals surface area contributed by atoms with E-state index in [1.807, 2.05) is 17.9 Å². The van der Waals surface area contributed by atoms with Crippen LogP contribution in [0.25, 0.3) is 0 Å². The molecule has 1 spiro atoms. The van der Waals surface area contributed by atoms with Crippen LogP contribution in [0, 0.1) is 5.41 Å². The highest BCUT2D eigenvalue weighted by molar-refractivity contribution is 5.03. The van der Waals surface area contributed by atoms with Crippen molar-refractivity contribution in [3.63, 3.8) is 0 Å². The van der Waals surface area contributed by atoms with E-state index in [4.69, 9.17) is 0 Å². The van der Waals surface area contributed by atoms with Crippen LogP contribution in [0.4, 0.5) is 0 Å². The molecule has 1 aromatic heterocycles. The summed E-state index contributed by atoms with van der Waals surface area (Å²) in [4.78, 5) is 0. The van der Waals surface area contributed by atoms with Crippen LogP contribution in [0.15, 0.2) is 12.4 Å². The monoisotopic (exact) mass is 247 g/mol. The molecule has 2 fully saturated rings. The van der Waals surface area contributed by atoms with Gasteiger partial charge in [-0.15, -0.1) is 0 Å². The molecule has 3 nitrogen and oxygen atoms in total. The molecule has 3 rings (SSSR count). The highest BCUT2D eigenvalue weighted by atomic mass is 15.2. The van der Waals surface area contributed by atoms with Gasteiger partial charge in [0.2, 0.25) is 0 Å². The number of hydrogen-bond acceptors (Lipinski definition) is 2. The van der Waals surface area contributed by atoms with E-state index in [0.29, 0.717) is 0 Å². The van der Waals surface area contributed by atoms with Crippen molar-refractivity contribution in [2.45, 2.75) is 64.0 Å². The Morgan fingerprint density at radius 2 is 2.00 bits per heavy atom. The molecule has 0 atom stereocenters. The van der Waals surface area contributed by atoms with E-state index in [1.54, 1.807) is 0 Å². The lowest BCUT2D eigenvalue weighted by Crippen LogP contribution is -2.36. The summed E-state index contributed by atoms with van der Waals surface area (Å²) in [6.45, 7) is 0.978. The van der Waals surface area contributed by atoms with Crippen LogP contribution in [-0.2, 0) is 13.6 Å². The van der Waals surface area contributed by atoms with E-state index in [2.05, 4.69) is 16.6 Å². The van der Waals surface area contributed by atoms with Crippen LogP contribution in [0.5, 0.6) is 0 Å². The van der Waals surface area contributed by atoms with Crippen LogP contribution in [0.3, 0.4) is 0 Å². The van der Waals surface area contributed by atoms with Crippen molar-refractivity contribution in [1.29, 1.82) is 0 Å². The highest BCUT2D eigenvalue weighted by Crippen LogP contribution is 2.48. The molecule has 1 N–H and O–H groups in total. The van der Waals surface area contributed by atoms with E-state index in [0.717, 1.165) is 18.0 Å². The first-order valence-corrected chi connectivity index (χ1v) is 7.47. The van der Waals surface area contributed by atoms with Gasteiger partial charge >= 0.3 is 0 Å². The maximum absolute atomic E-state index is 4.21. The summed E-state index contributed by atoms with van der Waals surface area (Å²) in [7, 11) is 1.98. The molecule has 0 bridgehead atoms. The van der Waals surface area contributed by atoms with Gasteiger partial charge in [0.15, 0.2) is 0 Å². The first kappa shape index (κ1) is 12.2. The number of aryl methyl sites for hydroxylation is 1. The van der Waals surface area contributed by atoms with Crippen molar-refractivity contribution in [2.24, 2.45) is 12.5 Å². The normalized spacial score (nSPS) is 23.8. The molecule has 3 heteroatoms. The smallest absolute Gasteiger partial charge is 0.0534 e. The van der Waals surface area contributed by atoms with Gasteiger partial charge in [-0.3, -0.25) is 4.68 Å². The maximum Gasteiger partial charge on any atom is 0.0534 e. The SMILES string of the molecule is Cn1cc(CNC2CCC3(CCCC3)CC2)cn1. The van der Waals surface area contributed by atoms with Crippen molar-refractivity contribution in [3.8, 4) is 0 Å². The topological polar surface area (TPSA) is 29.9 Å². The maximum atomic E-state index is 4.21. The molecule has 2 aliphatic carbocycles. The van der Waals surface area contributed by atoms with Gasteiger partial charge in [-0.05, 0) is 43.9 Å². The third kappa shape index (κ3) is 2.61. The van der Waals surface area contributed by atoms with Crippen molar-refractivity contribution in [1.82, 2.24) is 15.1 Å². The molecule has 2 saturated carbocycles. The predicted octanol–water partition coefficient (Wildman–Crippen LogP) is 3.01. The molecule has 0 amide bonds. The minimum Gasteiger partial charge on any atom is -0.310 e. The lowest BCUT2D eigenvalue weighted by atomic mass is 9.71. The summed E-state index contributed by atoms with van der Waals surface area (Å²) in [6.07, 6.45) is 15.7. The quantitative estimate of drug-likeness (QED) is 0.890. The summed E-state index contributed by atoms with van der Waals surface area (Å²) in [5.74, 6) is 0. The van der Waals surface area contributed by atoms with Gasteiger partial charge in [-0.1, -0.05) is 12.8 Å². The average molecular weight is 247 g/mol. The van der Waals surface area contributed by atoms with Gasteiger partial charge in [-0.2, -0.15) is 5.10 Å². The standard InChI is InChI=1S/C15H25N3/c1-18-12-13(11-17-18)10-16-14-4-8-15(9-5-14)6-2-3-7-15/h11-12,14,16H,2-10H2,1H3. The summed E-state index contributed by atoms with van der Waals surface area (Å²) < 4.78 is 1.88. The molecule has 100 valence electrons. The fraction of sp³-hybridized carbons (Fsp3) is 0.800. The van der Waals surface area contributed by atoms with Gasteiger partial charge in [0.1, 0.15) is 0 Å². The molecule has 1 heterocycles. The Morgan fingerprint density at radius 1 is 1.28 bits per heavy atom. The molecular formula is C15H25N3. The Kier molecular flexibility index (Phi) is 3.42. The first-order valence-electron chi connectivity index (χ1n) is 7.47. The third-order valence-electron chi connectivity index (χ3n) is 5.06. The van der Waals surface area contributed by atoms with Gasteiger partial charge < -0.3 is 5.32 Å². The number of nitrogens with zero attached hydrogens (tertiary/aromatic N) is 2. The van der Waals surface area contributed by atoms with Crippen LogP contribution in [0.1, 0.15) is 56.9 Å². The zero-order valence-corrected chi connectivity index (χ0v) is 11.5. The minimum atomic E-state index is 0.733. The van der Waals surface area contributed by atoms with Crippen LogP contribution < -0.4 is 5.32 Å². The molecule has 0 aliphatic heterocycles. The predicted molar refractivity (Wildman–Crippen MR) is 73.2 cm³/mol. The van der Waals surface area contributed by atoms with Crippen LogP contribution in [-0.4, -0.2) is 15.8 Å². The van der Waals surface area contributed by atoms with Gasteiger partial charge in [0, 0.05) is 31.4 Å². The molecule has 2 aliphatic rings. The van der Waals surface area contributed by atoms with Crippen LogP contribution in [0.2, 0.25) is 0 Å². The molecule has 1 aromatic rings. The molecule has 0 aromatic carbocycles. The Balaban J connectivity index is 1.45. The summed E-state index contributed by atoms with van der Waals surface area (Å²) in [6, 6.07) is 0.733. The lowest BCUT2D eigenvalue weighted by molar-refractivity contribution is 0.168. The Hall–Kier alpha value is -0.830. The second-order valence-electron chi connectivity index (χ2n) is 6.38. The Labute approximate surface area is 110 Å². The third-order valence-corrected chi connectivity index (χ3v) is 5.06. The molecule has 0 radical (unpaired) electrons. The summed E-state index contributed by atoms with van der Waals surface area (Å²) in [5, 5.41) is 7.92. The van der Waals surface area contributed by atoms with Gasteiger partial charge in [0.25, 0.3) is 0 Å². The number of rotatable bonds is 3. The van der Waals surface area contributed by atoms with Crippen molar-refractivity contribution >= 4 is 0 Å². The minimum absolute atomic E-state index is 0.733. The van der Waals surface area contributed by atoms with Crippen molar-refractivity contribution in [2.75, 3.05) is 0 Å². The van der Waals surface area contributed by atoms with E-state index < -0.39 is 0 Å². The fourth-order valence-corrected chi connectivity index (χ4v) is 3.88. The number of aromatic nitrogens is 2. The fourth-order valence-electron chi connectivity index (χ4n) is 3.88. The number of hydrogen-bond donors (Lipinski definition) is 1. The second-order valence-corrected chi connectivity index (χ2v) is 6.38. The number of nitrogens with one attached hydrogen (secondary N) is 1. The zero-order chi connectivity index (χ0) is 12.4. The zero-order valence-electron chi connectivity index (χ0n) is 11.5. The molecule has 0 unspecified atom stereocenters. The first-order chi connectivity index (χ1) is 8.76.